The average molecular weight is 404 g/mol. The minimum Gasteiger partial charge on any atom is -0.300 e. The van der Waals surface area contributed by atoms with E-state index in [0.29, 0.717) is 10.8 Å². The third-order valence-corrected chi connectivity index (χ3v) is 6.49. The molecule has 3 rings (SSSR count). The van der Waals surface area contributed by atoms with Crippen LogP contribution in [-0.4, -0.2) is 32.1 Å². The molecule has 0 atom stereocenters. The Hall–Kier alpha value is -2.45. The molecule has 1 aromatic heterocycles. The van der Waals surface area contributed by atoms with Crippen LogP contribution in [0.15, 0.2) is 36.4 Å². The van der Waals surface area contributed by atoms with Crippen LogP contribution >= 0.6 is 11.3 Å². The van der Waals surface area contributed by atoms with Crippen molar-refractivity contribution >= 4 is 48.3 Å². The summed E-state index contributed by atoms with van der Waals surface area (Å²) in [5, 5.41) is 3.20. The topological polar surface area (TPSA) is 79.4 Å². The van der Waals surface area contributed by atoms with Crippen molar-refractivity contribution in [1.29, 1.82) is 0 Å². The molecule has 0 aliphatic rings. The summed E-state index contributed by atoms with van der Waals surface area (Å²) in [5.74, 6) is -0.432. The number of sulfonamides is 1. The molecule has 3 aromatic rings. The van der Waals surface area contributed by atoms with Crippen LogP contribution in [0.4, 0.5) is 10.8 Å². The molecular weight excluding hydrogens is 382 g/mol. The van der Waals surface area contributed by atoms with Gasteiger partial charge in [0.05, 0.1) is 22.2 Å². The van der Waals surface area contributed by atoms with Crippen LogP contribution in [0.25, 0.3) is 10.2 Å². The fourth-order valence-corrected chi connectivity index (χ4v) is 4.77. The lowest BCUT2D eigenvalue weighted by molar-refractivity contribution is -0.114. The average Bonchev–Trinajstić information content (AvgIpc) is 3.01. The third kappa shape index (κ3) is 4.12. The van der Waals surface area contributed by atoms with E-state index >= 15 is 0 Å². The third-order valence-electron chi connectivity index (χ3n) is 4.26. The number of fused-ring (bicyclic) bond motifs is 1. The number of benzene rings is 2. The van der Waals surface area contributed by atoms with Gasteiger partial charge in [-0.05, 0) is 43.5 Å². The molecule has 0 saturated heterocycles. The van der Waals surface area contributed by atoms with Crippen molar-refractivity contribution < 1.29 is 13.2 Å². The quantitative estimate of drug-likeness (QED) is 0.706. The SMILES string of the molecule is Cc1ccccc1N(CC(=O)Nc1nc2c(C)ccc(C)c2s1)S(C)(=O)=O. The van der Waals surface area contributed by atoms with Crippen molar-refractivity contribution in [2.24, 2.45) is 0 Å². The van der Waals surface area contributed by atoms with Crippen molar-refractivity contribution in [3.05, 3.63) is 53.1 Å². The van der Waals surface area contributed by atoms with Crippen molar-refractivity contribution in [2.45, 2.75) is 20.8 Å². The minimum atomic E-state index is -3.61. The van der Waals surface area contributed by atoms with E-state index in [-0.39, 0.29) is 6.54 Å². The summed E-state index contributed by atoms with van der Waals surface area (Å²) >= 11 is 1.39. The van der Waals surface area contributed by atoms with Crippen LogP contribution < -0.4 is 9.62 Å². The Labute approximate surface area is 162 Å². The lowest BCUT2D eigenvalue weighted by atomic mass is 10.1. The smallest absolute Gasteiger partial charge is 0.246 e. The molecule has 142 valence electrons. The molecule has 6 nitrogen and oxygen atoms in total. The Morgan fingerprint density at radius 1 is 1.07 bits per heavy atom. The maximum atomic E-state index is 12.6. The molecule has 1 N–H and O–H groups in total. The van der Waals surface area contributed by atoms with Gasteiger partial charge < -0.3 is 5.32 Å². The highest BCUT2D eigenvalue weighted by molar-refractivity contribution is 7.92. The van der Waals surface area contributed by atoms with E-state index in [1.807, 2.05) is 45.0 Å². The van der Waals surface area contributed by atoms with Gasteiger partial charge in [0.25, 0.3) is 0 Å². The van der Waals surface area contributed by atoms with Crippen LogP contribution in [0.2, 0.25) is 0 Å². The van der Waals surface area contributed by atoms with Gasteiger partial charge in [-0.15, -0.1) is 0 Å². The first-order valence-electron chi connectivity index (χ1n) is 8.37. The second-order valence-corrected chi connectivity index (χ2v) is 9.41. The summed E-state index contributed by atoms with van der Waals surface area (Å²) in [6, 6.07) is 11.1. The molecule has 0 fully saturated rings. The zero-order valence-electron chi connectivity index (χ0n) is 15.6. The number of para-hydroxylation sites is 1. The number of carbonyl (C=O) groups excluding carboxylic acids is 1. The highest BCUT2D eigenvalue weighted by Crippen LogP contribution is 2.31. The fourth-order valence-electron chi connectivity index (χ4n) is 2.83. The van der Waals surface area contributed by atoms with Gasteiger partial charge in [0, 0.05) is 0 Å². The predicted octanol–water partition coefficient (Wildman–Crippen LogP) is 3.63. The van der Waals surface area contributed by atoms with Gasteiger partial charge in [0.15, 0.2) is 5.13 Å². The second kappa shape index (κ2) is 7.28. The van der Waals surface area contributed by atoms with E-state index in [4.69, 9.17) is 0 Å². The van der Waals surface area contributed by atoms with Crippen LogP contribution in [-0.2, 0) is 14.8 Å². The summed E-state index contributed by atoms with van der Waals surface area (Å²) in [4.78, 5) is 17.0. The zero-order valence-corrected chi connectivity index (χ0v) is 17.2. The van der Waals surface area contributed by atoms with Crippen molar-refractivity contribution in [3.8, 4) is 0 Å². The fraction of sp³-hybridized carbons (Fsp3) is 0.263. The highest BCUT2D eigenvalue weighted by Gasteiger charge is 2.23. The number of aryl methyl sites for hydroxylation is 3. The van der Waals surface area contributed by atoms with Gasteiger partial charge in [0.2, 0.25) is 15.9 Å². The maximum absolute atomic E-state index is 12.6. The van der Waals surface area contributed by atoms with Crippen LogP contribution in [0.3, 0.4) is 0 Å². The van der Waals surface area contributed by atoms with Crippen LogP contribution in [0, 0.1) is 20.8 Å². The number of carbonyl (C=O) groups is 1. The van der Waals surface area contributed by atoms with E-state index in [1.165, 1.54) is 11.3 Å². The Morgan fingerprint density at radius 2 is 1.74 bits per heavy atom. The first-order valence-corrected chi connectivity index (χ1v) is 11.0. The van der Waals surface area contributed by atoms with Gasteiger partial charge in [-0.2, -0.15) is 0 Å². The minimum absolute atomic E-state index is 0.308. The molecule has 0 radical (unpaired) electrons. The maximum Gasteiger partial charge on any atom is 0.246 e. The number of nitrogens with zero attached hydrogens (tertiary/aromatic N) is 2. The number of nitrogens with one attached hydrogen (secondary N) is 1. The van der Waals surface area contributed by atoms with E-state index in [9.17, 15) is 13.2 Å². The van der Waals surface area contributed by atoms with E-state index in [1.54, 1.807) is 12.1 Å². The van der Waals surface area contributed by atoms with Gasteiger partial charge in [0.1, 0.15) is 6.54 Å². The summed E-state index contributed by atoms with van der Waals surface area (Å²) in [5.41, 5.74) is 4.25. The molecule has 0 unspecified atom stereocenters. The Morgan fingerprint density at radius 3 is 2.37 bits per heavy atom. The molecule has 0 aliphatic heterocycles. The largest absolute Gasteiger partial charge is 0.300 e. The van der Waals surface area contributed by atoms with E-state index in [0.717, 1.165) is 37.5 Å². The zero-order chi connectivity index (χ0) is 19.8. The summed E-state index contributed by atoms with van der Waals surface area (Å²) in [6.45, 7) is 5.47. The van der Waals surface area contributed by atoms with Gasteiger partial charge >= 0.3 is 0 Å². The summed E-state index contributed by atoms with van der Waals surface area (Å²) in [7, 11) is -3.61. The molecule has 0 saturated carbocycles. The lowest BCUT2D eigenvalue weighted by Gasteiger charge is -2.23. The Kier molecular flexibility index (Phi) is 5.21. The van der Waals surface area contributed by atoms with Crippen LogP contribution in [0.5, 0.6) is 0 Å². The molecule has 8 heteroatoms. The van der Waals surface area contributed by atoms with E-state index < -0.39 is 15.9 Å². The van der Waals surface area contributed by atoms with Crippen molar-refractivity contribution in [2.75, 3.05) is 22.4 Å². The number of amides is 1. The van der Waals surface area contributed by atoms with Crippen molar-refractivity contribution in [1.82, 2.24) is 4.98 Å². The molecular formula is C19H21N3O3S2. The number of anilines is 2. The standard InChI is InChI=1S/C19H21N3O3S2/c1-12-7-5-6-8-15(12)22(27(4,24)25)11-16(23)20-19-21-17-13(2)9-10-14(3)18(17)26-19/h5-10H,11H2,1-4H3,(H,20,21,23). The van der Waals surface area contributed by atoms with Gasteiger partial charge in [-0.25, -0.2) is 13.4 Å². The molecule has 1 heterocycles. The number of thiazole rings is 1. The summed E-state index contributed by atoms with van der Waals surface area (Å²) in [6.07, 6.45) is 1.09. The monoisotopic (exact) mass is 403 g/mol. The molecule has 1 amide bonds. The lowest BCUT2D eigenvalue weighted by Crippen LogP contribution is -2.37. The number of rotatable bonds is 5. The number of aromatic nitrogens is 1. The molecule has 0 bridgehead atoms. The molecule has 0 aliphatic carbocycles. The number of hydrogen-bond donors (Lipinski definition) is 1. The first kappa shape index (κ1) is 19.3. The highest BCUT2D eigenvalue weighted by atomic mass is 32.2. The van der Waals surface area contributed by atoms with Crippen LogP contribution in [0.1, 0.15) is 16.7 Å². The Bertz CT molecular complexity index is 1080. The summed E-state index contributed by atoms with van der Waals surface area (Å²) < 4.78 is 26.6. The normalized spacial score (nSPS) is 11.6. The molecule has 0 spiro atoms. The number of hydrogen-bond acceptors (Lipinski definition) is 5. The molecule has 27 heavy (non-hydrogen) atoms. The van der Waals surface area contributed by atoms with E-state index in [2.05, 4.69) is 10.3 Å². The van der Waals surface area contributed by atoms with Gasteiger partial charge in [-0.1, -0.05) is 41.7 Å². The predicted molar refractivity (Wildman–Crippen MR) is 111 cm³/mol. The Balaban J connectivity index is 1.86. The first-order chi connectivity index (χ1) is 12.7. The molecule has 2 aromatic carbocycles. The second-order valence-electron chi connectivity index (χ2n) is 6.50. The van der Waals surface area contributed by atoms with Crippen molar-refractivity contribution in [3.63, 3.8) is 0 Å². The van der Waals surface area contributed by atoms with Gasteiger partial charge in [-0.3, -0.25) is 9.10 Å².